The Morgan fingerprint density at radius 3 is 2.65 bits per heavy atom. The van der Waals surface area contributed by atoms with Crippen molar-refractivity contribution in [3.05, 3.63) is 18.2 Å². The monoisotopic (exact) mass is 302 g/mol. The summed E-state index contributed by atoms with van der Waals surface area (Å²) in [6.07, 6.45) is 2.09. The minimum Gasteiger partial charge on any atom is -0.489 e. The first-order valence-corrected chi connectivity index (χ1v) is 8.03. The maximum atomic E-state index is 11.7. The van der Waals surface area contributed by atoms with Crippen LogP contribution >= 0.6 is 0 Å². The van der Waals surface area contributed by atoms with Crippen molar-refractivity contribution < 1.29 is 17.9 Å². The molecule has 0 aliphatic rings. The Balaban J connectivity index is 2.59. The molecule has 0 spiro atoms. The molecule has 0 saturated carbocycles. The fraction of sp³-hybridized carbons (Fsp3) is 0.538. The highest BCUT2D eigenvalue weighted by atomic mass is 32.2. The lowest BCUT2D eigenvalue weighted by Gasteiger charge is -2.11. The second-order valence-electron chi connectivity index (χ2n) is 4.22. The molecular formula is C13H22N2O4S. The van der Waals surface area contributed by atoms with Crippen LogP contribution in [0, 0.1) is 0 Å². The molecule has 1 aromatic rings. The minimum atomic E-state index is -3.50. The Kier molecular flexibility index (Phi) is 6.77. The van der Waals surface area contributed by atoms with Crippen molar-refractivity contribution >= 4 is 15.7 Å². The van der Waals surface area contributed by atoms with Gasteiger partial charge in [0.1, 0.15) is 12.4 Å². The van der Waals surface area contributed by atoms with Gasteiger partial charge in [-0.25, -0.2) is 13.1 Å². The first-order chi connectivity index (χ1) is 9.51. The van der Waals surface area contributed by atoms with Gasteiger partial charge in [0.05, 0.1) is 17.2 Å². The van der Waals surface area contributed by atoms with E-state index in [9.17, 15) is 8.42 Å². The van der Waals surface area contributed by atoms with Crippen molar-refractivity contribution in [1.82, 2.24) is 4.72 Å². The zero-order chi connectivity index (χ0) is 15.0. The number of hydrogen-bond donors (Lipinski definition) is 2. The number of nitrogens with two attached hydrogens (primary N) is 1. The summed E-state index contributed by atoms with van der Waals surface area (Å²) in [5.74, 6) is 0.348. The Bertz CT molecular complexity index is 517. The Labute approximate surface area is 120 Å². The van der Waals surface area contributed by atoms with Gasteiger partial charge in [0.15, 0.2) is 0 Å². The molecule has 0 aliphatic carbocycles. The highest BCUT2D eigenvalue weighted by Gasteiger charge is 2.13. The van der Waals surface area contributed by atoms with Gasteiger partial charge in [0.2, 0.25) is 10.0 Å². The standard InChI is InChI=1S/C13H22N2O4S/c1-3-4-7-18-8-9-19-13-10-11(5-6-12(13)14)20(16,17)15-2/h5-6,10,15H,3-4,7-9,14H2,1-2H3. The molecule has 0 bridgehead atoms. The topological polar surface area (TPSA) is 90.6 Å². The third-order valence-electron chi connectivity index (χ3n) is 2.69. The first-order valence-electron chi connectivity index (χ1n) is 6.55. The van der Waals surface area contributed by atoms with E-state index in [1.54, 1.807) is 0 Å². The third kappa shape index (κ3) is 4.99. The Morgan fingerprint density at radius 2 is 2.00 bits per heavy atom. The maximum absolute atomic E-state index is 11.7. The van der Waals surface area contributed by atoms with Crippen molar-refractivity contribution in [3.63, 3.8) is 0 Å². The molecule has 114 valence electrons. The molecule has 1 aromatic carbocycles. The zero-order valence-electron chi connectivity index (χ0n) is 11.9. The molecule has 0 radical (unpaired) electrons. The van der Waals surface area contributed by atoms with Crippen molar-refractivity contribution in [2.24, 2.45) is 0 Å². The van der Waals surface area contributed by atoms with E-state index in [0.717, 1.165) is 12.8 Å². The van der Waals surface area contributed by atoms with E-state index >= 15 is 0 Å². The van der Waals surface area contributed by atoms with Gasteiger partial charge in [-0.15, -0.1) is 0 Å². The Morgan fingerprint density at radius 1 is 1.25 bits per heavy atom. The fourth-order valence-electron chi connectivity index (χ4n) is 1.48. The number of anilines is 1. The zero-order valence-corrected chi connectivity index (χ0v) is 12.7. The van der Waals surface area contributed by atoms with Gasteiger partial charge in [-0.05, 0) is 25.6 Å². The van der Waals surface area contributed by atoms with Crippen LogP contribution in [0.3, 0.4) is 0 Å². The van der Waals surface area contributed by atoms with Crippen LogP contribution in [0.2, 0.25) is 0 Å². The molecule has 0 unspecified atom stereocenters. The van der Waals surface area contributed by atoms with E-state index in [0.29, 0.717) is 31.3 Å². The molecule has 0 aliphatic heterocycles. The van der Waals surface area contributed by atoms with E-state index < -0.39 is 10.0 Å². The molecule has 0 heterocycles. The lowest BCUT2D eigenvalue weighted by molar-refractivity contribution is 0.0982. The summed E-state index contributed by atoms with van der Waals surface area (Å²) in [5, 5.41) is 0. The largest absolute Gasteiger partial charge is 0.489 e. The molecule has 6 nitrogen and oxygen atoms in total. The van der Waals surface area contributed by atoms with Crippen LogP contribution in [0.4, 0.5) is 5.69 Å². The van der Waals surface area contributed by atoms with Crippen molar-refractivity contribution in [3.8, 4) is 5.75 Å². The van der Waals surface area contributed by atoms with Gasteiger partial charge in [-0.2, -0.15) is 0 Å². The average Bonchev–Trinajstić information content (AvgIpc) is 2.44. The molecule has 0 aromatic heterocycles. The van der Waals surface area contributed by atoms with Gasteiger partial charge in [0.25, 0.3) is 0 Å². The van der Waals surface area contributed by atoms with Crippen molar-refractivity contribution in [2.75, 3.05) is 32.6 Å². The van der Waals surface area contributed by atoms with E-state index in [1.807, 2.05) is 0 Å². The van der Waals surface area contributed by atoms with Gasteiger partial charge >= 0.3 is 0 Å². The lowest BCUT2D eigenvalue weighted by Crippen LogP contribution is -2.18. The molecule has 0 saturated heterocycles. The van der Waals surface area contributed by atoms with Crippen LogP contribution in [-0.2, 0) is 14.8 Å². The van der Waals surface area contributed by atoms with Gasteiger partial charge in [0, 0.05) is 12.7 Å². The quantitative estimate of drug-likeness (QED) is 0.531. The van der Waals surface area contributed by atoms with Crippen LogP contribution in [0.25, 0.3) is 0 Å². The summed E-state index contributed by atoms with van der Waals surface area (Å²) in [6, 6.07) is 4.36. The molecule has 1 rings (SSSR count). The SMILES string of the molecule is CCCCOCCOc1cc(S(=O)(=O)NC)ccc1N. The number of benzene rings is 1. The van der Waals surface area contributed by atoms with E-state index in [1.165, 1.54) is 25.2 Å². The van der Waals surface area contributed by atoms with E-state index in [-0.39, 0.29) is 4.90 Å². The molecule has 20 heavy (non-hydrogen) atoms. The van der Waals surface area contributed by atoms with Crippen molar-refractivity contribution in [2.45, 2.75) is 24.7 Å². The Hall–Kier alpha value is -1.31. The number of hydrogen-bond acceptors (Lipinski definition) is 5. The van der Waals surface area contributed by atoms with E-state index in [4.69, 9.17) is 15.2 Å². The number of nitrogens with one attached hydrogen (secondary N) is 1. The van der Waals surface area contributed by atoms with Crippen LogP contribution in [0.5, 0.6) is 5.75 Å². The molecular weight excluding hydrogens is 280 g/mol. The second-order valence-corrected chi connectivity index (χ2v) is 6.11. The first kappa shape index (κ1) is 16.7. The van der Waals surface area contributed by atoms with Crippen LogP contribution < -0.4 is 15.2 Å². The summed E-state index contributed by atoms with van der Waals surface area (Å²) in [5.41, 5.74) is 6.15. The number of rotatable bonds is 9. The van der Waals surface area contributed by atoms with Crippen LogP contribution in [0.1, 0.15) is 19.8 Å². The number of ether oxygens (including phenoxy) is 2. The molecule has 3 N–H and O–H groups in total. The summed E-state index contributed by atoms with van der Waals surface area (Å²) in [7, 11) is -2.14. The summed E-state index contributed by atoms with van der Waals surface area (Å²) >= 11 is 0. The van der Waals surface area contributed by atoms with Crippen LogP contribution in [-0.4, -0.2) is 35.3 Å². The highest BCUT2D eigenvalue weighted by Crippen LogP contribution is 2.24. The second kappa shape index (κ2) is 8.08. The molecule has 0 fully saturated rings. The summed E-state index contributed by atoms with van der Waals surface area (Å²) in [6.45, 7) is 3.57. The fourth-order valence-corrected chi connectivity index (χ4v) is 2.23. The molecule has 0 atom stereocenters. The summed E-state index contributed by atoms with van der Waals surface area (Å²) in [4.78, 5) is 0.121. The average molecular weight is 302 g/mol. The molecule has 7 heteroatoms. The predicted octanol–water partition coefficient (Wildman–Crippen LogP) is 1.37. The highest BCUT2D eigenvalue weighted by molar-refractivity contribution is 7.89. The number of unbranched alkanes of at least 4 members (excludes halogenated alkanes) is 1. The lowest BCUT2D eigenvalue weighted by atomic mass is 10.3. The smallest absolute Gasteiger partial charge is 0.240 e. The maximum Gasteiger partial charge on any atom is 0.240 e. The summed E-state index contributed by atoms with van der Waals surface area (Å²) < 4.78 is 36.4. The number of sulfonamides is 1. The normalized spacial score (nSPS) is 11.5. The third-order valence-corrected chi connectivity index (χ3v) is 4.10. The predicted molar refractivity (Wildman–Crippen MR) is 78.3 cm³/mol. The number of nitrogen functional groups attached to an aromatic ring is 1. The molecule has 0 amide bonds. The van der Waals surface area contributed by atoms with Crippen LogP contribution in [0.15, 0.2) is 23.1 Å². The van der Waals surface area contributed by atoms with Crippen molar-refractivity contribution in [1.29, 1.82) is 0 Å². The van der Waals surface area contributed by atoms with Gasteiger partial charge < -0.3 is 15.2 Å². The van der Waals surface area contributed by atoms with Gasteiger partial charge in [-0.1, -0.05) is 13.3 Å². The van der Waals surface area contributed by atoms with Gasteiger partial charge in [-0.3, -0.25) is 0 Å². The van der Waals surface area contributed by atoms with E-state index in [2.05, 4.69) is 11.6 Å². The minimum absolute atomic E-state index is 0.121.